The van der Waals surface area contributed by atoms with Crippen LogP contribution in [0.4, 0.5) is 0 Å². The number of rotatable bonds is 0. The van der Waals surface area contributed by atoms with Crippen LogP contribution in [0.2, 0.25) is 0 Å². The monoisotopic (exact) mass is 389 g/mol. The molecule has 0 aromatic heterocycles. The van der Waals surface area contributed by atoms with Crippen LogP contribution in [0.25, 0.3) is 0 Å². The molecule has 0 aliphatic heterocycles. The largest absolute Gasteiger partial charge is 0.0776 e. The van der Waals surface area contributed by atoms with E-state index in [-0.39, 0.29) is 29.7 Å². The van der Waals surface area contributed by atoms with E-state index in [1.165, 1.54) is 19.3 Å². The summed E-state index contributed by atoms with van der Waals surface area (Å²) in [6.07, 6.45) is 3.75. The van der Waals surface area contributed by atoms with Gasteiger partial charge in [-0.2, -0.15) is 0 Å². The van der Waals surface area contributed by atoms with Gasteiger partial charge in [-0.1, -0.05) is 174 Å². The Balaban J connectivity index is -0.00000000865. The van der Waals surface area contributed by atoms with Crippen molar-refractivity contribution in [3.8, 4) is 0 Å². The van der Waals surface area contributed by atoms with E-state index in [1.807, 2.05) is 55.4 Å². The van der Waals surface area contributed by atoms with Crippen molar-refractivity contribution in [2.45, 2.75) is 174 Å². The molecule has 0 N–H and O–H groups in total. The standard InChI is InChI=1S/C5H12.3C3H8.4C2H6.4CH4/c1-5(2,3)4;3*1-3-2;4*1-2;;;;/h1-4H3;3*3H2,1-2H3;4*1-2H3;4*1H4. The molecule has 0 saturated carbocycles. The fraction of sp³-hybridized carbons (Fsp3) is 1.00. The Morgan fingerprint density at radius 1 is 0.346 bits per heavy atom. The first-order valence-electron chi connectivity index (χ1n) is 10.2. The van der Waals surface area contributed by atoms with Crippen LogP contribution in [-0.4, -0.2) is 0 Å². The summed E-state index contributed by atoms with van der Waals surface area (Å²) >= 11 is 0. The van der Waals surface area contributed by atoms with Crippen LogP contribution in [0.3, 0.4) is 0 Å². The summed E-state index contributed by atoms with van der Waals surface area (Å²) in [6, 6.07) is 0. The van der Waals surface area contributed by atoms with Crippen LogP contribution in [0.15, 0.2) is 0 Å². The van der Waals surface area contributed by atoms with E-state index in [9.17, 15) is 0 Å². The molecule has 0 nitrogen and oxygen atoms in total. The molecule has 0 aromatic rings. The second-order valence-corrected chi connectivity index (χ2v) is 5.12. The van der Waals surface area contributed by atoms with Crippen molar-refractivity contribution in [3.05, 3.63) is 0 Å². The molecular weight excluding hydrogens is 312 g/mol. The van der Waals surface area contributed by atoms with Gasteiger partial charge in [0.25, 0.3) is 0 Å². The summed E-state index contributed by atoms with van der Waals surface area (Å²) in [4.78, 5) is 0. The second kappa shape index (κ2) is 178. The van der Waals surface area contributed by atoms with Crippen molar-refractivity contribution in [2.75, 3.05) is 0 Å². The zero-order valence-corrected chi connectivity index (χ0v) is 20.6. The molecule has 0 saturated heterocycles. The Labute approximate surface area is 179 Å². The third-order valence-electron chi connectivity index (χ3n) is 0. The average molecular weight is 389 g/mol. The van der Waals surface area contributed by atoms with Gasteiger partial charge in [0.15, 0.2) is 0 Å². The second-order valence-electron chi connectivity index (χ2n) is 5.12. The first-order valence-corrected chi connectivity index (χ1v) is 10.2. The van der Waals surface area contributed by atoms with Crippen molar-refractivity contribution in [2.24, 2.45) is 5.41 Å². The van der Waals surface area contributed by atoms with Crippen molar-refractivity contribution in [3.63, 3.8) is 0 Å². The molecule has 0 aliphatic rings. The molecule has 180 valence electrons. The SMILES string of the molecule is C.C.C.C.CC.CC.CC.CC.CC(C)(C)C.CCC.CCC.CCC. The van der Waals surface area contributed by atoms with Crippen LogP contribution in [0.5, 0.6) is 0 Å². The van der Waals surface area contributed by atoms with Gasteiger partial charge in [0.05, 0.1) is 0 Å². The maximum absolute atomic E-state index is 2.19. The summed E-state index contributed by atoms with van der Waals surface area (Å²) in [5.41, 5.74) is 0.500. The maximum Gasteiger partial charge on any atom is -0.0411 e. The van der Waals surface area contributed by atoms with E-state index in [0.29, 0.717) is 5.41 Å². The summed E-state index contributed by atoms with van der Waals surface area (Å²) in [6.45, 7) is 37.5. The average Bonchev–Trinajstić information content (AvgIpc) is 2.48. The highest BCUT2D eigenvalue weighted by atomic mass is 14.0. The van der Waals surface area contributed by atoms with Gasteiger partial charge in [-0.25, -0.2) is 0 Å². The van der Waals surface area contributed by atoms with E-state index in [0.717, 1.165) is 0 Å². The quantitative estimate of drug-likeness (QED) is 0.387. The molecule has 0 rings (SSSR count). The van der Waals surface area contributed by atoms with Crippen molar-refractivity contribution in [1.29, 1.82) is 0 Å². The zero-order valence-electron chi connectivity index (χ0n) is 20.6. The predicted molar refractivity (Wildman–Crippen MR) is 145 cm³/mol. The van der Waals surface area contributed by atoms with Gasteiger partial charge in [-0.05, 0) is 5.41 Å². The van der Waals surface area contributed by atoms with Gasteiger partial charge in [-0.15, -0.1) is 0 Å². The molecule has 0 aromatic carbocycles. The first kappa shape index (κ1) is 82.9. The molecule has 0 heteroatoms. The fourth-order valence-electron chi connectivity index (χ4n) is 0. The Kier molecular flexibility index (Phi) is 567. The minimum atomic E-state index is 0. The Hall–Kier alpha value is 0. The smallest absolute Gasteiger partial charge is 0.0411 e. The first-order chi connectivity index (χ1) is 10.2. The molecule has 0 spiro atoms. The molecule has 26 heavy (non-hydrogen) atoms. The highest BCUT2D eigenvalue weighted by molar-refractivity contribution is 4.47. The lowest BCUT2D eigenvalue weighted by molar-refractivity contribution is 0.469. The maximum atomic E-state index is 2.19. The molecular formula is C26H76. The van der Waals surface area contributed by atoms with Crippen molar-refractivity contribution >= 4 is 0 Å². The minimum absolute atomic E-state index is 0. The van der Waals surface area contributed by atoms with E-state index in [2.05, 4.69) is 69.2 Å². The normalized spacial score (nSPS) is 5.31. The topological polar surface area (TPSA) is 0 Å². The third-order valence-corrected chi connectivity index (χ3v) is 0. The molecule has 0 aliphatic carbocycles. The van der Waals surface area contributed by atoms with Crippen LogP contribution in [-0.2, 0) is 0 Å². The zero-order chi connectivity index (χ0) is 20.6. The summed E-state index contributed by atoms with van der Waals surface area (Å²) in [5.74, 6) is 0. The summed E-state index contributed by atoms with van der Waals surface area (Å²) in [5, 5.41) is 0. The molecule has 0 unspecified atom stereocenters. The molecule has 0 radical (unpaired) electrons. The van der Waals surface area contributed by atoms with Gasteiger partial charge in [0.2, 0.25) is 0 Å². The summed E-state index contributed by atoms with van der Waals surface area (Å²) < 4.78 is 0. The van der Waals surface area contributed by atoms with Crippen LogP contribution in [0, 0.1) is 5.41 Å². The van der Waals surface area contributed by atoms with Crippen LogP contribution < -0.4 is 0 Å². The van der Waals surface area contributed by atoms with Gasteiger partial charge in [0, 0.05) is 0 Å². The third kappa shape index (κ3) is 0. The molecule has 0 heterocycles. The van der Waals surface area contributed by atoms with Gasteiger partial charge >= 0.3 is 0 Å². The van der Waals surface area contributed by atoms with Crippen LogP contribution >= 0.6 is 0 Å². The molecule has 0 amide bonds. The van der Waals surface area contributed by atoms with Gasteiger partial charge < -0.3 is 0 Å². The van der Waals surface area contributed by atoms with E-state index in [1.54, 1.807) is 0 Å². The van der Waals surface area contributed by atoms with Crippen molar-refractivity contribution < 1.29 is 0 Å². The Morgan fingerprint density at radius 3 is 0.346 bits per heavy atom. The van der Waals surface area contributed by atoms with Crippen LogP contribution in [0.1, 0.15) is 174 Å². The molecule has 0 atom stereocenters. The molecule has 0 bridgehead atoms. The van der Waals surface area contributed by atoms with Gasteiger partial charge in [-0.3, -0.25) is 0 Å². The minimum Gasteiger partial charge on any atom is -0.0776 e. The van der Waals surface area contributed by atoms with E-state index in [4.69, 9.17) is 0 Å². The lowest BCUT2D eigenvalue weighted by Crippen LogP contribution is -1.93. The highest BCUT2D eigenvalue weighted by Crippen LogP contribution is 2.08. The number of hydrogen-bond acceptors (Lipinski definition) is 0. The Morgan fingerprint density at radius 2 is 0.346 bits per heavy atom. The molecule has 0 fully saturated rings. The van der Waals surface area contributed by atoms with Crippen molar-refractivity contribution in [1.82, 2.24) is 0 Å². The van der Waals surface area contributed by atoms with Gasteiger partial charge in [0.1, 0.15) is 0 Å². The number of hydrogen-bond donors (Lipinski definition) is 0. The van der Waals surface area contributed by atoms with E-state index >= 15 is 0 Å². The fourth-order valence-corrected chi connectivity index (χ4v) is 0. The lowest BCUT2D eigenvalue weighted by Gasteiger charge is -2.05. The van der Waals surface area contributed by atoms with E-state index < -0.39 is 0 Å². The lowest BCUT2D eigenvalue weighted by atomic mass is 10.0. The Bertz CT molecular complexity index is 36.8. The predicted octanol–water partition coefficient (Wildman–Crippen LogP) is 13.0. The highest BCUT2D eigenvalue weighted by Gasteiger charge is 1.95. The summed E-state index contributed by atoms with van der Waals surface area (Å²) in [7, 11) is 0.